The van der Waals surface area contributed by atoms with E-state index < -0.39 is 0 Å². The van der Waals surface area contributed by atoms with Gasteiger partial charge in [0.2, 0.25) is 5.91 Å². The Bertz CT molecular complexity index is 470. The maximum atomic E-state index is 12.3. The van der Waals surface area contributed by atoms with Crippen LogP contribution in [0.4, 0.5) is 5.69 Å². The van der Waals surface area contributed by atoms with E-state index in [4.69, 9.17) is 9.47 Å². The predicted molar refractivity (Wildman–Crippen MR) is 78.4 cm³/mol. The number of ether oxygens (including phenoxy) is 2. The maximum Gasteiger partial charge on any atom is 0.244 e. The van der Waals surface area contributed by atoms with Crippen molar-refractivity contribution in [2.45, 2.75) is 25.8 Å². The van der Waals surface area contributed by atoms with Gasteiger partial charge in [0.1, 0.15) is 17.5 Å². The van der Waals surface area contributed by atoms with E-state index in [9.17, 15) is 4.79 Å². The van der Waals surface area contributed by atoms with Crippen molar-refractivity contribution in [2.75, 3.05) is 32.6 Å². The van der Waals surface area contributed by atoms with E-state index in [1.165, 1.54) is 0 Å². The average Bonchev–Trinajstić information content (AvgIpc) is 3.00. The summed E-state index contributed by atoms with van der Waals surface area (Å²) in [7, 11) is 3.22. The van der Waals surface area contributed by atoms with E-state index in [1.54, 1.807) is 20.3 Å². The Morgan fingerprint density at radius 1 is 1.25 bits per heavy atom. The maximum absolute atomic E-state index is 12.3. The number of rotatable bonds is 5. The van der Waals surface area contributed by atoms with Gasteiger partial charge in [-0.3, -0.25) is 4.79 Å². The molecular weight excluding hydrogens is 256 g/mol. The third kappa shape index (κ3) is 3.15. The van der Waals surface area contributed by atoms with Crippen molar-refractivity contribution in [3.05, 3.63) is 18.2 Å². The summed E-state index contributed by atoms with van der Waals surface area (Å²) in [5.74, 6) is 1.54. The van der Waals surface area contributed by atoms with Gasteiger partial charge < -0.3 is 19.7 Å². The number of amides is 1. The molecule has 0 aromatic heterocycles. The second-order valence-corrected chi connectivity index (χ2v) is 4.96. The summed E-state index contributed by atoms with van der Waals surface area (Å²) in [5.41, 5.74) is 0.799. The van der Waals surface area contributed by atoms with Gasteiger partial charge in [-0.05, 0) is 31.9 Å². The SMILES string of the molecule is COc1ccc(NC(C)C(=O)N2CCCC2)c(OC)c1. The smallest absolute Gasteiger partial charge is 0.244 e. The number of nitrogens with zero attached hydrogens (tertiary/aromatic N) is 1. The molecule has 1 aromatic rings. The lowest BCUT2D eigenvalue weighted by Gasteiger charge is -2.22. The molecule has 1 amide bonds. The highest BCUT2D eigenvalue weighted by atomic mass is 16.5. The molecule has 1 atom stereocenters. The molecule has 0 aliphatic carbocycles. The Labute approximate surface area is 119 Å². The Morgan fingerprint density at radius 3 is 2.55 bits per heavy atom. The van der Waals surface area contributed by atoms with Crippen LogP contribution in [0.3, 0.4) is 0 Å². The van der Waals surface area contributed by atoms with Crippen molar-refractivity contribution in [2.24, 2.45) is 0 Å². The van der Waals surface area contributed by atoms with Crippen LogP contribution in [0.5, 0.6) is 11.5 Å². The minimum Gasteiger partial charge on any atom is -0.497 e. The van der Waals surface area contributed by atoms with Crippen LogP contribution in [0.2, 0.25) is 0 Å². The predicted octanol–water partition coefficient (Wildman–Crippen LogP) is 2.13. The van der Waals surface area contributed by atoms with Gasteiger partial charge in [-0.2, -0.15) is 0 Å². The highest BCUT2D eigenvalue weighted by molar-refractivity contribution is 5.85. The van der Waals surface area contributed by atoms with Crippen LogP contribution in [0.25, 0.3) is 0 Å². The summed E-state index contributed by atoms with van der Waals surface area (Å²) in [6.45, 7) is 3.61. The van der Waals surface area contributed by atoms with E-state index >= 15 is 0 Å². The zero-order valence-electron chi connectivity index (χ0n) is 12.3. The number of carbonyl (C=O) groups excluding carboxylic acids is 1. The number of likely N-dealkylation sites (tertiary alicyclic amines) is 1. The first-order valence-electron chi connectivity index (χ1n) is 6.93. The van der Waals surface area contributed by atoms with Crippen molar-refractivity contribution in [3.8, 4) is 11.5 Å². The quantitative estimate of drug-likeness (QED) is 0.896. The first kappa shape index (κ1) is 14.5. The molecular formula is C15H22N2O3. The molecule has 1 aliphatic heterocycles. The van der Waals surface area contributed by atoms with E-state index in [1.807, 2.05) is 24.0 Å². The molecule has 2 rings (SSSR count). The summed E-state index contributed by atoms with van der Waals surface area (Å²) < 4.78 is 10.5. The van der Waals surface area contributed by atoms with Crippen molar-refractivity contribution in [1.82, 2.24) is 4.90 Å². The van der Waals surface area contributed by atoms with Gasteiger partial charge in [-0.1, -0.05) is 0 Å². The van der Waals surface area contributed by atoms with Crippen molar-refractivity contribution < 1.29 is 14.3 Å². The Balaban J connectivity index is 2.06. The third-order valence-corrected chi connectivity index (χ3v) is 3.57. The van der Waals surface area contributed by atoms with E-state index in [2.05, 4.69) is 5.32 Å². The number of hydrogen-bond donors (Lipinski definition) is 1. The Morgan fingerprint density at radius 2 is 1.95 bits per heavy atom. The molecule has 0 spiro atoms. The van der Waals surface area contributed by atoms with Gasteiger partial charge in [-0.15, -0.1) is 0 Å². The van der Waals surface area contributed by atoms with Gasteiger partial charge >= 0.3 is 0 Å². The number of benzene rings is 1. The fourth-order valence-corrected chi connectivity index (χ4v) is 2.42. The fraction of sp³-hybridized carbons (Fsp3) is 0.533. The summed E-state index contributed by atoms with van der Waals surface area (Å²) in [6.07, 6.45) is 2.20. The summed E-state index contributed by atoms with van der Waals surface area (Å²) in [4.78, 5) is 14.2. The number of carbonyl (C=O) groups is 1. The topological polar surface area (TPSA) is 50.8 Å². The van der Waals surface area contributed by atoms with Crippen LogP contribution in [-0.2, 0) is 4.79 Å². The van der Waals surface area contributed by atoms with Crippen LogP contribution >= 0.6 is 0 Å². The third-order valence-electron chi connectivity index (χ3n) is 3.57. The number of nitrogens with one attached hydrogen (secondary N) is 1. The van der Waals surface area contributed by atoms with E-state index in [-0.39, 0.29) is 11.9 Å². The lowest BCUT2D eigenvalue weighted by molar-refractivity contribution is -0.130. The molecule has 0 saturated carbocycles. The van der Waals surface area contributed by atoms with Crippen LogP contribution in [0.15, 0.2) is 18.2 Å². The fourth-order valence-electron chi connectivity index (χ4n) is 2.42. The van der Waals surface area contributed by atoms with Crippen molar-refractivity contribution in [3.63, 3.8) is 0 Å². The first-order valence-corrected chi connectivity index (χ1v) is 6.93. The van der Waals surface area contributed by atoms with Gasteiger partial charge in [0, 0.05) is 19.2 Å². The molecule has 1 fully saturated rings. The molecule has 20 heavy (non-hydrogen) atoms. The highest BCUT2D eigenvalue weighted by Gasteiger charge is 2.23. The molecule has 5 heteroatoms. The molecule has 0 bridgehead atoms. The Hall–Kier alpha value is -1.91. The lowest BCUT2D eigenvalue weighted by atomic mass is 10.2. The number of methoxy groups -OCH3 is 2. The van der Waals surface area contributed by atoms with Gasteiger partial charge in [0.15, 0.2) is 0 Å². The first-order chi connectivity index (χ1) is 9.65. The zero-order chi connectivity index (χ0) is 14.5. The molecule has 1 aliphatic rings. The Kier molecular flexibility index (Phi) is 4.71. The van der Waals surface area contributed by atoms with Gasteiger partial charge in [0.25, 0.3) is 0 Å². The number of anilines is 1. The van der Waals surface area contributed by atoms with Gasteiger partial charge in [0.05, 0.1) is 19.9 Å². The standard InChI is InChI=1S/C15H22N2O3/c1-11(15(18)17-8-4-5-9-17)16-13-7-6-12(19-2)10-14(13)20-3/h6-7,10-11,16H,4-5,8-9H2,1-3H3. The monoisotopic (exact) mass is 278 g/mol. The van der Waals surface area contributed by atoms with Crippen LogP contribution in [0.1, 0.15) is 19.8 Å². The second-order valence-electron chi connectivity index (χ2n) is 4.96. The van der Waals surface area contributed by atoms with Crippen LogP contribution < -0.4 is 14.8 Å². The molecule has 1 aromatic carbocycles. The normalized spacial score (nSPS) is 15.8. The molecule has 1 saturated heterocycles. The molecule has 110 valence electrons. The molecule has 0 radical (unpaired) electrons. The molecule has 1 N–H and O–H groups in total. The molecule has 1 heterocycles. The van der Waals surface area contributed by atoms with Gasteiger partial charge in [-0.25, -0.2) is 0 Å². The minimum absolute atomic E-state index is 0.139. The summed E-state index contributed by atoms with van der Waals surface area (Å²) >= 11 is 0. The van der Waals surface area contributed by atoms with Crippen LogP contribution in [0, 0.1) is 0 Å². The summed E-state index contributed by atoms with van der Waals surface area (Å²) in [5, 5.41) is 3.22. The molecule has 1 unspecified atom stereocenters. The van der Waals surface area contributed by atoms with Crippen molar-refractivity contribution in [1.29, 1.82) is 0 Å². The van der Waals surface area contributed by atoms with Crippen LogP contribution in [-0.4, -0.2) is 44.2 Å². The second kappa shape index (κ2) is 6.50. The zero-order valence-corrected chi connectivity index (χ0v) is 12.3. The number of hydrogen-bond acceptors (Lipinski definition) is 4. The lowest BCUT2D eigenvalue weighted by Crippen LogP contribution is -2.39. The van der Waals surface area contributed by atoms with Crippen molar-refractivity contribution >= 4 is 11.6 Å². The van der Waals surface area contributed by atoms with E-state index in [0.29, 0.717) is 5.75 Å². The van der Waals surface area contributed by atoms with E-state index in [0.717, 1.165) is 37.4 Å². The highest BCUT2D eigenvalue weighted by Crippen LogP contribution is 2.29. The minimum atomic E-state index is -0.268. The largest absolute Gasteiger partial charge is 0.497 e. The average molecular weight is 278 g/mol. The summed E-state index contributed by atoms with van der Waals surface area (Å²) in [6, 6.07) is 5.24. The molecule has 5 nitrogen and oxygen atoms in total.